The maximum atomic E-state index is 14.4. The third-order valence-corrected chi connectivity index (χ3v) is 4.42. The SMILES string of the molecule is CCCCCCCCCC(Nc1ccc(OC)cc1)C(F)(F)C(=O)OC. The first-order chi connectivity index (χ1) is 12.5. The van der Waals surface area contributed by atoms with Gasteiger partial charge in [-0.3, -0.25) is 0 Å². The van der Waals surface area contributed by atoms with Crippen LogP contribution in [0.5, 0.6) is 5.75 Å². The molecule has 0 spiro atoms. The van der Waals surface area contributed by atoms with Crippen LogP contribution < -0.4 is 10.1 Å². The molecule has 0 heterocycles. The Morgan fingerprint density at radius 3 is 2.15 bits per heavy atom. The summed E-state index contributed by atoms with van der Waals surface area (Å²) in [5.74, 6) is -4.46. The minimum Gasteiger partial charge on any atom is -0.497 e. The van der Waals surface area contributed by atoms with Crippen LogP contribution in [0.2, 0.25) is 0 Å². The standard InChI is InChI=1S/C20H31F2NO3/c1-4-5-6-7-8-9-10-11-18(20(21,22)19(24)26-3)23-16-12-14-17(25-2)15-13-16/h12-15,18,23H,4-11H2,1-3H3. The molecule has 26 heavy (non-hydrogen) atoms. The number of ether oxygens (including phenoxy) is 2. The lowest BCUT2D eigenvalue weighted by Crippen LogP contribution is -2.46. The molecule has 0 aliphatic carbocycles. The second-order valence-corrected chi connectivity index (χ2v) is 6.45. The fourth-order valence-electron chi connectivity index (χ4n) is 2.82. The number of nitrogens with one attached hydrogen (secondary N) is 1. The Morgan fingerprint density at radius 1 is 1.04 bits per heavy atom. The Hall–Kier alpha value is -1.85. The number of anilines is 1. The zero-order chi connectivity index (χ0) is 19.4. The Kier molecular flexibility index (Phi) is 9.99. The molecular weight excluding hydrogens is 340 g/mol. The van der Waals surface area contributed by atoms with Gasteiger partial charge < -0.3 is 14.8 Å². The van der Waals surface area contributed by atoms with Crippen molar-refractivity contribution in [2.24, 2.45) is 0 Å². The van der Waals surface area contributed by atoms with Gasteiger partial charge in [0.2, 0.25) is 0 Å². The fourth-order valence-corrected chi connectivity index (χ4v) is 2.82. The van der Waals surface area contributed by atoms with Crippen LogP contribution in [0.25, 0.3) is 0 Å². The van der Waals surface area contributed by atoms with Gasteiger partial charge in [-0.2, -0.15) is 8.78 Å². The maximum Gasteiger partial charge on any atom is 0.378 e. The molecule has 0 fully saturated rings. The number of methoxy groups -OCH3 is 2. The number of carbonyl (C=O) groups excluding carboxylic acids is 1. The molecule has 0 bridgehead atoms. The molecule has 1 N–H and O–H groups in total. The van der Waals surface area contributed by atoms with E-state index in [1.807, 2.05) is 0 Å². The highest BCUT2D eigenvalue weighted by Crippen LogP contribution is 2.28. The molecule has 1 atom stereocenters. The number of esters is 1. The molecule has 0 saturated heterocycles. The number of carbonyl (C=O) groups is 1. The van der Waals surface area contributed by atoms with Gasteiger partial charge in [0.15, 0.2) is 0 Å². The molecule has 0 amide bonds. The second-order valence-electron chi connectivity index (χ2n) is 6.45. The van der Waals surface area contributed by atoms with Crippen molar-refractivity contribution >= 4 is 11.7 Å². The highest BCUT2D eigenvalue weighted by atomic mass is 19.3. The van der Waals surface area contributed by atoms with Crippen LogP contribution in [0.15, 0.2) is 24.3 Å². The van der Waals surface area contributed by atoms with Crippen molar-refractivity contribution in [3.63, 3.8) is 0 Å². The third-order valence-electron chi connectivity index (χ3n) is 4.42. The summed E-state index contributed by atoms with van der Waals surface area (Å²) in [4.78, 5) is 11.5. The second kappa shape index (κ2) is 11.7. The van der Waals surface area contributed by atoms with Crippen molar-refractivity contribution in [1.82, 2.24) is 0 Å². The maximum absolute atomic E-state index is 14.4. The quantitative estimate of drug-likeness (QED) is 0.371. The monoisotopic (exact) mass is 371 g/mol. The molecule has 0 aliphatic rings. The van der Waals surface area contributed by atoms with Crippen LogP contribution in [-0.2, 0) is 9.53 Å². The summed E-state index contributed by atoms with van der Waals surface area (Å²) >= 11 is 0. The minimum absolute atomic E-state index is 0.196. The van der Waals surface area contributed by atoms with Gasteiger partial charge in [-0.1, -0.05) is 51.9 Å². The van der Waals surface area contributed by atoms with Crippen LogP contribution in [0.1, 0.15) is 58.3 Å². The van der Waals surface area contributed by atoms with Gasteiger partial charge in [0, 0.05) is 5.69 Å². The lowest BCUT2D eigenvalue weighted by Gasteiger charge is -2.26. The van der Waals surface area contributed by atoms with Gasteiger partial charge >= 0.3 is 11.9 Å². The van der Waals surface area contributed by atoms with Crippen LogP contribution >= 0.6 is 0 Å². The van der Waals surface area contributed by atoms with E-state index < -0.39 is 17.9 Å². The van der Waals surface area contributed by atoms with E-state index in [9.17, 15) is 13.6 Å². The first-order valence-corrected chi connectivity index (χ1v) is 9.32. The molecule has 148 valence electrons. The van der Waals surface area contributed by atoms with Crippen LogP contribution in [0.3, 0.4) is 0 Å². The summed E-state index contributed by atoms with van der Waals surface area (Å²) in [6, 6.07) is 5.37. The summed E-state index contributed by atoms with van der Waals surface area (Å²) < 4.78 is 38.2. The molecule has 0 aliphatic heterocycles. The van der Waals surface area contributed by atoms with E-state index in [4.69, 9.17) is 4.74 Å². The van der Waals surface area contributed by atoms with Gasteiger partial charge in [-0.25, -0.2) is 4.79 Å². The number of rotatable bonds is 13. The molecule has 4 nitrogen and oxygen atoms in total. The molecule has 6 heteroatoms. The van der Waals surface area contributed by atoms with E-state index >= 15 is 0 Å². The Labute approximate surface area is 155 Å². The molecule has 1 unspecified atom stereocenters. The van der Waals surface area contributed by atoms with Crippen LogP contribution in [0.4, 0.5) is 14.5 Å². The van der Waals surface area contributed by atoms with E-state index in [0.29, 0.717) is 17.9 Å². The lowest BCUT2D eigenvalue weighted by atomic mass is 10.0. The van der Waals surface area contributed by atoms with Crippen molar-refractivity contribution in [3.05, 3.63) is 24.3 Å². The predicted octanol–water partition coefficient (Wildman–Crippen LogP) is 5.42. The van der Waals surface area contributed by atoms with E-state index in [2.05, 4.69) is 17.0 Å². The third kappa shape index (κ3) is 7.18. The molecular formula is C20H31F2NO3. The van der Waals surface area contributed by atoms with Crippen molar-refractivity contribution < 1.29 is 23.0 Å². The number of alkyl halides is 2. The van der Waals surface area contributed by atoms with Gasteiger partial charge in [0.25, 0.3) is 0 Å². The summed E-state index contributed by atoms with van der Waals surface area (Å²) in [6.07, 6.45) is 7.43. The summed E-state index contributed by atoms with van der Waals surface area (Å²) in [6.45, 7) is 2.16. The first kappa shape index (κ1) is 22.2. The molecule has 0 radical (unpaired) electrons. The molecule has 0 aromatic heterocycles. The van der Waals surface area contributed by atoms with E-state index in [1.165, 1.54) is 26.4 Å². The van der Waals surface area contributed by atoms with E-state index in [-0.39, 0.29) is 6.42 Å². The van der Waals surface area contributed by atoms with Crippen molar-refractivity contribution in [2.75, 3.05) is 19.5 Å². The predicted molar refractivity (Wildman–Crippen MR) is 100.0 cm³/mol. The lowest BCUT2D eigenvalue weighted by molar-refractivity contribution is -0.171. The van der Waals surface area contributed by atoms with Crippen LogP contribution in [0, 0.1) is 0 Å². The van der Waals surface area contributed by atoms with Crippen molar-refractivity contribution in [1.29, 1.82) is 0 Å². The average Bonchev–Trinajstić information content (AvgIpc) is 2.65. The van der Waals surface area contributed by atoms with Gasteiger partial charge in [0.05, 0.1) is 14.2 Å². The largest absolute Gasteiger partial charge is 0.497 e. The molecule has 1 rings (SSSR count). The Bertz CT molecular complexity index is 520. The number of hydrogen-bond acceptors (Lipinski definition) is 4. The zero-order valence-electron chi connectivity index (χ0n) is 16.0. The Morgan fingerprint density at radius 2 is 1.62 bits per heavy atom. The minimum atomic E-state index is -3.59. The van der Waals surface area contributed by atoms with Gasteiger partial charge in [-0.15, -0.1) is 0 Å². The summed E-state index contributed by atoms with van der Waals surface area (Å²) in [5.41, 5.74) is 0.516. The number of benzene rings is 1. The molecule has 0 saturated carbocycles. The normalized spacial score (nSPS) is 12.5. The van der Waals surface area contributed by atoms with Crippen molar-refractivity contribution in [2.45, 2.75) is 70.3 Å². The zero-order valence-corrected chi connectivity index (χ0v) is 16.0. The number of hydrogen-bond donors (Lipinski definition) is 1. The summed E-state index contributed by atoms with van der Waals surface area (Å²) in [5, 5.41) is 2.79. The van der Waals surface area contributed by atoms with Crippen LogP contribution in [-0.4, -0.2) is 32.2 Å². The van der Waals surface area contributed by atoms with Gasteiger partial charge in [0.1, 0.15) is 11.8 Å². The van der Waals surface area contributed by atoms with Crippen molar-refractivity contribution in [3.8, 4) is 5.75 Å². The molecule has 1 aromatic carbocycles. The first-order valence-electron chi connectivity index (χ1n) is 9.32. The number of halogens is 2. The van der Waals surface area contributed by atoms with Gasteiger partial charge in [-0.05, 0) is 30.7 Å². The fraction of sp³-hybridized carbons (Fsp3) is 0.650. The number of unbranched alkanes of at least 4 members (excludes halogenated alkanes) is 6. The smallest absolute Gasteiger partial charge is 0.378 e. The van der Waals surface area contributed by atoms with E-state index in [1.54, 1.807) is 24.3 Å². The molecule has 1 aromatic rings. The van der Waals surface area contributed by atoms with E-state index in [0.717, 1.165) is 26.4 Å². The topological polar surface area (TPSA) is 47.6 Å². The summed E-state index contributed by atoms with van der Waals surface area (Å²) in [7, 11) is 2.52. The Balaban J connectivity index is 2.65. The highest BCUT2D eigenvalue weighted by molar-refractivity contribution is 5.79. The average molecular weight is 371 g/mol. The highest BCUT2D eigenvalue weighted by Gasteiger charge is 2.48.